The van der Waals surface area contributed by atoms with Crippen LogP contribution in [0.2, 0.25) is 0 Å². The maximum Gasteiger partial charge on any atom is 0.312 e. The van der Waals surface area contributed by atoms with E-state index in [1.54, 1.807) is 13.1 Å². The van der Waals surface area contributed by atoms with Crippen LogP contribution in [-0.2, 0) is 7.05 Å². The van der Waals surface area contributed by atoms with Gasteiger partial charge >= 0.3 is 5.69 Å². The highest BCUT2D eigenvalue weighted by Crippen LogP contribution is 2.26. The number of nitrogens with zero attached hydrogens (tertiary/aromatic N) is 3. The van der Waals surface area contributed by atoms with Gasteiger partial charge in [-0.2, -0.15) is 5.10 Å². The first kappa shape index (κ1) is 11.4. The van der Waals surface area contributed by atoms with Crippen LogP contribution in [0.3, 0.4) is 0 Å². The van der Waals surface area contributed by atoms with Crippen LogP contribution in [0.15, 0.2) is 18.9 Å². The van der Waals surface area contributed by atoms with Crippen LogP contribution in [0.4, 0.5) is 5.69 Å². The Kier molecular flexibility index (Phi) is 3.56. The summed E-state index contributed by atoms with van der Waals surface area (Å²) in [5, 5.41) is 24.1. The number of hydrogen-bond acceptors (Lipinski definition) is 4. The van der Waals surface area contributed by atoms with Crippen molar-refractivity contribution in [1.82, 2.24) is 9.78 Å². The highest BCUT2D eigenvalue weighted by atomic mass is 16.6. The van der Waals surface area contributed by atoms with E-state index in [1.807, 2.05) is 0 Å². The fraction of sp³-hybridized carbons (Fsp3) is 0.444. The SMILES string of the molecule is C=CCC[C@@H](O)c1c([N+](=O)[O-])cnn1C. The molecule has 0 amide bonds. The molecule has 82 valence electrons. The molecular formula is C9H13N3O3. The molecule has 0 bridgehead atoms. The first-order valence-electron chi connectivity index (χ1n) is 4.53. The molecule has 15 heavy (non-hydrogen) atoms. The predicted octanol–water partition coefficient (Wildman–Crippen LogP) is 1.33. The third kappa shape index (κ3) is 2.41. The van der Waals surface area contributed by atoms with Gasteiger partial charge in [0.15, 0.2) is 0 Å². The first-order valence-corrected chi connectivity index (χ1v) is 4.53. The van der Waals surface area contributed by atoms with E-state index in [2.05, 4.69) is 11.7 Å². The monoisotopic (exact) mass is 211 g/mol. The number of aliphatic hydroxyl groups excluding tert-OH is 1. The van der Waals surface area contributed by atoms with E-state index >= 15 is 0 Å². The molecule has 0 fully saturated rings. The van der Waals surface area contributed by atoms with Crippen LogP contribution in [0.1, 0.15) is 24.6 Å². The second kappa shape index (κ2) is 4.70. The fourth-order valence-electron chi connectivity index (χ4n) is 1.37. The molecule has 1 aromatic rings. The van der Waals surface area contributed by atoms with Gasteiger partial charge in [-0.3, -0.25) is 14.8 Å². The molecule has 6 heteroatoms. The number of aryl methyl sites for hydroxylation is 1. The minimum absolute atomic E-state index is 0.144. The lowest BCUT2D eigenvalue weighted by Crippen LogP contribution is -2.07. The van der Waals surface area contributed by atoms with Gasteiger partial charge < -0.3 is 5.11 Å². The summed E-state index contributed by atoms with van der Waals surface area (Å²) in [7, 11) is 1.57. The van der Waals surface area contributed by atoms with Gasteiger partial charge in [0.1, 0.15) is 18.0 Å². The van der Waals surface area contributed by atoms with Gasteiger partial charge in [0.05, 0.1) is 4.92 Å². The van der Waals surface area contributed by atoms with Crippen molar-refractivity contribution in [2.24, 2.45) is 7.05 Å². The van der Waals surface area contributed by atoms with Crippen molar-refractivity contribution in [3.05, 3.63) is 34.7 Å². The molecule has 0 aromatic carbocycles. The molecule has 1 N–H and O–H groups in total. The standard InChI is InChI=1S/C9H13N3O3/c1-3-4-5-8(13)9-7(12(14)15)6-10-11(9)2/h3,6,8,13H,1,4-5H2,2H3/t8-/m1/s1. The van der Waals surface area contributed by atoms with Crippen LogP contribution in [0.5, 0.6) is 0 Å². The third-order valence-electron chi connectivity index (χ3n) is 2.12. The van der Waals surface area contributed by atoms with Crippen molar-refractivity contribution in [2.45, 2.75) is 18.9 Å². The van der Waals surface area contributed by atoms with E-state index < -0.39 is 11.0 Å². The second-order valence-electron chi connectivity index (χ2n) is 3.18. The Bertz CT molecular complexity index is 373. The van der Waals surface area contributed by atoms with Gasteiger partial charge in [-0.05, 0) is 12.8 Å². The van der Waals surface area contributed by atoms with Crippen molar-refractivity contribution < 1.29 is 10.0 Å². The number of allylic oxidation sites excluding steroid dienone is 1. The molecule has 1 heterocycles. The molecule has 0 aliphatic heterocycles. The smallest absolute Gasteiger partial charge is 0.312 e. The van der Waals surface area contributed by atoms with Crippen molar-refractivity contribution in [3.63, 3.8) is 0 Å². The molecule has 1 aromatic heterocycles. The maximum atomic E-state index is 10.6. The topological polar surface area (TPSA) is 81.2 Å². The van der Waals surface area contributed by atoms with E-state index in [0.717, 1.165) is 6.20 Å². The minimum atomic E-state index is -0.879. The summed E-state index contributed by atoms with van der Waals surface area (Å²) >= 11 is 0. The fourth-order valence-corrected chi connectivity index (χ4v) is 1.37. The summed E-state index contributed by atoms with van der Waals surface area (Å²) in [4.78, 5) is 10.1. The largest absolute Gasteiger partial charge is 0.387 e. The second-order valence-corrected chi connectivity index (χ2v) is 3.18. The number of aliphatic hydroxyl groups is 1. The Morgan fingerprint density at radius 2 is 2.53 bits per heavy atom. The maximum absolute atomic E-state index is 10.6. The molecule has 1 atom stereocenters. The lowest BCUT2D eigenvalue weighted by Gasteiger charge is -2.08. The highest BCUT2D eigenvalue weighted by Gasteiger charge is 2.24. The van der Waals surface area contributed by atoms with E-state index in [1.165, 1.54) is 4.68 Å². The van der Waals surface area contributed by atoms with Crippen LogP contribution in [0, 0.1) is 10.1 Å². The van der Waals surface area contributed by atoms with Crippen LogP contribution < -0.4 is 0 Å². The van der Waals surface area contributed by atoms with E-state index in [-0.39, 0.29) is 11.4 Å². The van der Waals surface area contributed by atoms with Crippen LogP contribution in [-0.4, -0.2) is 19.8 Å². The zero-order valence-corrected chi connectivity index (χ0v) is 8.46. The first-order chi connectivity index (χ1) is 7.07. The zero-order chi connectivity index (χ0) is 11.4. The van der Waals surface area contributed by atoms with Gasteiger partial charge in [-0.25, -0.2) is 0 Å². The van der Waals surface area contributed by atoms with E-state index in [4.69, 9.17) is 0 Å². The molecule has 0 spiro atoms. The Labute approximate surface area is 87.0 Å². The summed E-state index contributed by atoms with van der Waals surface area (Å²) in [5.41, 5.74) is 0.0934. The molecule has 0 aliphatic carbocycles. The predicted molar refractivity (Wildman–Crippen MR) is 54.3 cm³/mol. The van der Waals surface area contributed by atoms with Crippen molar-refractivity contribution in [3.8, 4) is 0 Å². The molecule has 0 aliphatic rings. The third-order valence-corrected chi connectivity index (χ3v) is 2.12. The van der Waals surface area contributed by atoms with E-state index in [0.29, 0.717) is 12.8 Å². The van der Waals surface area contributed by atoms with Gasteiger partial charge in [0, 0.05) is 7.05 Å². The zero-order valence-electron chi connectivity index (χ0n) is 8.46. The number of aromatic nitrogens is 2. The van der Waals surface area contributed by atoms with Crippen LogP contribution >= 0.6 is 0 Å². The Morgan fingerprint density at radius 1 is 1.87 bits per heavy atom. The summed E-state index contributed by atoms with van der Waals surface area (Å²) < 4.78 is 1.33. The average molecular weight is 211 g/mol. The van der Waals surface area contributed by atoms with Crippen molar-refractivity contribution in [2.75, 3.05) is 0 Å². The summed E-state index contributed by atoms with van der Waals surface area (Å²) in [5.74, 6) is 0. The van der Waals surface area contributed by atoms with Crippen molar-refractivity contribution in [1.29, 1.82) is 0 Å². The lowest BCUT2D eigenvalue weighted by molar-refractivity contribution is -0.386. The molecule has 0 saturated carbocycles. The number of nitro groups is 1. The minimum Gasteiger partial charge on any atom is -0.387 e. The average Bonchev–Trinajstić information content (AvgIpc) is 2.56. The number of rotatable bonds is 5. The lowest BCUT2D eigenvalue weighted by atomic mass is 10.1. The summed E-state index contributed by atoms with van der Waals surface area (Å²) in [6.07, 6.45) is 2.93. The molecule has 0 radical (unpaired) electrons. The van der Waals surface area contributed by atoms with Gasteiger partial charge in [0.2, 0.25) is 0 Å². The summed E-state index contributed by atoms with van der Waals surface area (Å²) in [6, 6.07) is 0. The normalized spacial score (nSPS) is 12.4. The molecular weight excluding hydrogens is 198 g/mol. The van der Waals surface area contributed by atoms with Gasteiger partial charge in [-0.15, -0.1) is 6.58 Å². The highest BCUT2D eigenvalue weighted by molar-refractivity contribution is 5.34. The molecule has 1 rings (SSSR count). The Balaban J connectivity index is 2.95. The Morgan fingerprint density at radius 3 is 3.07 bits per heavy atom. The van der Waals surface area contributed by atoms with Gasteiger partial charge in [0.25, 0.3) is 0 Å². The van der Waals surface area contributed by atoms with E-state index in [9.17, 15) is 15.2 Å². The Hall–Kier alpha value is -1.69. The molecule has 6 nitrogen and oxygen atoms in total. The van der Waals surface area contributed by atoms with Gasteiger partial charge in [-0.1, -0.05) is 6.08 Å². The molecule has 0 saturated heterocycles. The molecule has 0 unspecified atom stereocenters. The summed E-state index contributed by atoms with van der Waals surface area (Å²) in [6.45, 7) is 3.53. The quantitative estimate of drug-likeness (QED) is 0.452. The van der Waals surface area contributed by atoms with Crippen molar-refractivity contribution >= 4 is 5.69 Å². The van der Waals surface area contributed by atoms with Crippen LogP contribution in [0.25, 0.3) is 0 Å². The number of hydrogen-bond donors (Lipinski definition) is 1.